The largest absolute Gasteiger partial charge is 0.361 e. The fraction of sp³-hybridized carbons (Fsp3) is 0.417. The molecule has 1 aromatic carbocycles. The Labute approximate surface area is 105 Å². The second-order valence-electron chi connectivity index (χ2n) is 3.74. The van der Waals surface area contributed by atoms with Crippen molar-refractivity contribution in [1.29, 1.82) is 0 Å². The van der Waals surface area contributed by atoms with E-state index in [4.69, 9.17) is 11.6 Å². The van der Waals surface area contributed by atoms with E-state index in [1.807, 2.05) is 36.0 Å². The second-order valence-corrected chi connectivity index (χ2v) is 5.44. The van der Waals surface area contributed by atoms with Crippen LogP contribution < -0.4 is 5.32 Å². The van der Waals surface area contributed by atoms with Crippen LogP contribution in [0.15, 0.2) is 29.3 Å². The average molecular weight is 255 g/mol. The molecule has 0 aromatic heterocycles. The van der Waals surface area contributed by atoms with Gasteiger partial charge in [0.05, 0.1) is 6.54 Å². The molecule has 0 fully saturated rings. The van der Waals surface area contributed by atoms with Gasteiger partial charge in [0.1, 0.15) is 0 Å². The minimum atomic E-state index is 0.647. The number of nitrogens with one attached hydrogen (secondary N) is 1. The molecule has 0 radical (unpaired) electrons. The van der Waals surface area contributed by atoms with E-state index < -0.39 is 0 Å². The first-order valence-electron chi connectivity index (χ1n) is 5.48. The minimum Gasteiger partial charge on any atom is -0.361 e. The van der Waals surface area contributed by atoms with Gasteiger partial charge in [-0.15, -0.1) is 0 Å². The zero-order valence-corrected chi connectivity index (χ0v) is 10.8. The van der Waals surface area contributed by atoms with Crippen LogP contribution in [-0.4, -0.2) is 17.0 Å². The van der Waals surface area contributed by atoms with E-state index in [2.05, 4.69) is 17.2 Å². The van der Waals surface area contributed by atoms with Gasteiger partial charge in [0, 0.05) is 16.8 Å². The summed E-state index contributed by atoms with van der Waals surface area (Å²) in [6.45, 7) is 3.89. The number of hydrogen-bond acceptors (Lipinski definition) is 3. The summed E-state index contributed by atoms with van der Waals surface area (Å²) >= 11 is 7.91. The molecule has 2 rings (SSSR count). The lowest BCUT2D eigenvalue weighted by molar-refractivity contribution is 0.839. The van der Waals surface area contributed by atoms with Crippen molar-refractivity contribution in [2.75, 3.05) is 6.54 Å². The molecule has 86 valence electrons. The molecular formula is C12H15ClN2S. The highest BCUT2D eigenvalue weighted by molar-refractivity contribution is 8.14. The molecule has 1 aliphatic heterocycles. The van der Waals surface area contributed by atoms with Gasteiger partial charge in [-0.05, 0) is 18.1 Å². The molecule has 1 aliphatic rings. The van der Waals surface area contributed by atoms with Crippen molar-refractivity contribution in [1.82, 2.24) is 5.32 Å². The third-order valence-electron chi connectivity index (χ3n) is 2.56. The van der Waals surface area contributed by atoms with Gasteiger partial charge in [-0.2, -0.15) is 0 Å². The summed E-state index contributed by atoms with van der Waals surface area (Å²) in [4.78, 5) is 4.46. The monoisotopic (exact) mass is 254 g/mol. The molecular weight excluding hydrogens is 240 g/mol. The maximum Gasteiger partial charge on any atom is 0.157 e. The Morgan fingerprint density at radius 2 is 2.31 bits per heavy atom. The minimum absolute atomic E-state index is 0.647. The molecule has 1 N–H and O–H groups in total. The molecule has 1 aromatic rings. The van der Waals surface area contributed by atoms with E-state index in [9.17, 15) is 0 Å². The lowest BCUT2D eigenvalue weighted by atomic mass is 10.2. The molecule has 0 spiro atoms. The normalized spacial score (nSPS) is 19.6. The molecule has 1 unspecified atom stereocenters. The lowest BCUT2D eigenvalue weighted by Crippen LogP contribution is -2.19. The van der Waals surface area contributed by atoms with Gasteiger partial charge in [0.25, 0.3) is 0 Å². The summed E-state index contributed by atoms with van der Waals surface area (Å²) in [5.74, 6) is 0. The SMILES string of the molecule is CCC1CN=C(NCc2ccccc2Cl)S1. The van der Waals surface area contributed by atoms with Crippen LogP contribution in [0.3, 0.4) is 0 Å². The fourth-order valence-corrected chi connectivity index (χ4v) is 2.68. The molecule has 4 heteroatoms. The van der Waals surface area contributed by atoms with Gasteiger partial charge >= 0.3 is 0 Å². The van der Waals surface area contributed by atoms with Crippen molar-refractivity contribution in [3.05, 3.63) is 34.9 Å². The third kappa shape index (κ3) is 2.92. The fourth-order valence-electron chi connectivity index (χ4n) is 1.54. The molecule has 0 amide bonds. The van der Waals surface area contributed by atoms with Gasteiger partial charge in [-0.25, -0.2) is 0 Å². The Balaban J connectivity index is 1.87. The first kappa shape index (κ1) is 11.8. The number of nitrogens with zero attached hydrogens (tertiary/aromatic N) is 1. The van der Waals surface area contributed by atoms with E-state index in [0.29, 0.717) is 5.25 Å². The van der Waals surface area contributed by atoms with Crippen LogP contribution in [0.4, 0.5) is 0 Å². The molecule has 16 heavy (non-hydrogen) atoms. The predicted octanol–water partition coefficient (Wildman–Crippen LogP) is 3.31. The van der Waals surface area contributed by atoms with Gasteiger partial charge in [0.15, 0.2) is 5.17 Å². The van der Waals surface area contributed by atoms with Gasteiger partial charge in [-0.3, -0.25) is 4.99 Å². The summed E-state index contributed by atoms with van der Waals surface area (Å²) in [6.07, 6.45) is 1.17. The van der Waals surface area contributed by atoms with Crippen LogP contribution >= 0.6 is 23.4 Å². The van der Waals surface area contributed by atoms with Crippen molar-refractivity contribution >= 4 is 28.5 Å². The van der Waals surface area contributed by atoms with E-state index >= 15 is 0 Å². The van der Waals surface area contributed by atoms with Crippen LogP contribution in [0.2, 0.25) is 5.02 Å². The molecule has 0 bridgehead atoms. The Morgan fingerprint density at radius 3 is 3.00 bits per heavy atom. The van der Waals surface area contributed by atoms with Gasteiger partial charge in [0.2, 0.25) is 0 Å². The standard InChI is InChI=1S/C12H15ClN2S/c1-2-10-8-15-12(16-10)14-7-9-5-3-4-6-11(9)13/h3-6,10H,2,7-8H2,1H3,(H,14,15). The van der Waals surface area contributed by atoms with Crippen LogP contribution in [0.1, 0.15) is 18.9 Å². The highest BCUT2D eigenvalue weighted by atomic mass is 35.5. The van der Waals surface area contributed by atoms with Crippen LogP contribution in [0.5, 0.6) is 0 Å². The number of amidine groups is 1. The van der Waals surface area contributed by atoms with Crippen molar-refractivity contribution in [3.8, 4) is 0 Å². The Morgan fingerprint density at radius 1 is 1.50 bits per heavy atom. The zero-order valence-electron chi connectivity index (χ0n) is 9.24. The summed E-state index contributed by atoms with van der Waals surface area (Å²) < 4.78 is 0. The Hall–Kier alpha value is -0.670. The number of rotatable bonds is 3. The summed E-state index contributed by atoms with van der Waals surface area (Å²) in [7, 11) is 0. The summed E-state index contributed by atoms with van der Waals surface area (Å²) in [5.41, 5.74) is 1.12. The molecule has 0 saturated carbocycles. The van der Waals surface area contributed by atoms with E-state index in [-0.39, 0.29) is 0 Å². The topological polar surface area (TPSA) is 24.4 Å². The van der Waals surface area contributed by atoms with E-state index in [0.717, 1.165) is 28.8 Å². The summed E-state index contributed by atoms with van der Waals surface area (Å²) in [5, 5.41) is 5.84. The second kappa shape index (κ2) is 5.60. The van der Waals surface area contributed by atoms with Gasteiger partial charge < -0.3 is 5.32 Å². The van der Waals surface area contributed by atoms with Crippen molar-refractivity contribution in [2.24, 2.45) is 4.99 Å². The van der Waals surface area contributed by atoms with Gasteiger partial charge in [-0.1, -0.05) is 48.5 Å². The number of aliphatic imine (C=N–C) groups is 1. The van der Waals surface area contributed by atoms with Crippen LogP contribution in [-0.2, 0) is 6.54 Å². The quantitative estimate of drug-likeness (QED) is 0.895. The van der Waals surface area contributed by atoms with Crippen molar-refractivity contribution in [3.63, 3.8) is 0 Å². The number of hydrogen-bond donors (Lipinski definition) is 1. The van der Waals surface area contributed by atoms with Crippen LogP contribution in [0, 0.1) is 0 Å². The Kier molecular flexibility index (Phi) is 4.13. The molecule has 2 nitrogen and oxygen atoms in total. The molecule has 1 heterocycles. The first-order valence-corrected chi connectivity index (χ1v) is 6.73. The van der Waals surface area contributed by atoms with E-state index in [1.54, 1.807) is 0 Å². The highest BCUT2D eigenvalue weighted by Crippen LogP contribution is 2.22. The maximum absolute atomic E-state index is 6.08. The summed E-state index contributed by atoms with van der Waals surface area (Å²) in [6, 6.07) is 7.89. The van der Waals surface area contributed by atoms with Crippen molar-refractivity contribution in [2.45, 2.75) is 25.1 Å². The average Bonchev–Trinajstić information content (AvgIpc) is 2.76. The van der Waals surface area contributed by atoms with E-state index in [1.165, 1.54) is 6.42 Å². The number of thioether (sulfide) groups is 1. The molecule has 0 aliphatic carbocycles. The highest BCUT2D eigenvalue weighted by Gasteiger charge is 2.17. The third-order valence-corrected chi connectivity index (χ3v) is 4.24. The maximum atomic E-state index is 6.08. The predicted molar refractivity (Wildman–Crippen MR) is 72.3 cm³/mol. The van der Waals surface area contributed by atoms with Crippen molar-refractivity contribution < 1.29 is 0 Å². The zero-order chi connectivity index (χ0) is 11.4. The smallest absolute Gasteiger partial charge is 0.157 e. The molecule has 0 saturated heterocycles. The molecule has 1 atom stereocenters. The van der Waals surface area contributed by atoms with Crippen LogP contribution in [0.25, 0.3) is 0 Å². The number of halogens is 1. The lowest BCUT2D eigenvalue weighted by Gasteiger charge is -2.08. The first-order chi connectivity index (χ1) is 7.79. The Bertz CT molecular complexity index is 392. The number of benzene rings is 1.